The number of carbonyl (C=O) groups excluding carboxylic acids is 1. The molecule has 0 bridgehead atoms. The molecule has 9 heteroatoms. The lowest BCUT2D eigenvalue weighted by molar-refractivity contribution is 0.0136. The van der Waals surface area contributed by atoms with Crippen LogP contribution in [0.5, 0.6) is 0 Å². The van der Waals surface area contributed by atoms with Gasteiger partial charge in [-0.3, -0.25) is 4.98 Å². The van der Waals surface area contributed by atoms with Crippen LogP contribution < -0.4 is 10.2 Å². The number of amides is 1. The Labute approximate surface area is 187 Å². The number of fused-ring (bicyclic) bond motifs is 1. The van der Waals surface area contributed by atoms with Crippen molar-refractivity contribution in [2.45, 2.75) is 32.3 Å². The molecule has 2 aliphatic rings. The molecule has 2 aliphatic heterocycles. The van der Waals surface area contributed by atoms with Crippen LogP contribution in [-0.2, 0) is 11.2 Å². The number of aromatic nitrogens is 4. The zero-order valence-corrected chi connectivity index (χ0v) is 18.6. The zero-order chi connectivity index (χ0) is 22.1. The van der Waals surface area contributed by atoms with Crippen molar-refractivity contribution < 1.29 is 9.53 Å². The van der Waals surface area contributed by atoms with Crippen molar-refractivity contribution in [2.24, 2.45) is 0 Å². The quantitative estimate of drug-likeness (QED) is 0.673. The van der Waals surface area contributed by atoms with Crippen molar-refractivity contribution in [2.75, 3.05) is 44.2 Å². The highest BCUT2D eigenvalue weighted by molar-refractivity contribution is 5.79. The number of anilines is 1. The van der Waals surface area contributed by atoms with Crippen molar-refractivity contribution in [1.29, 1.82) is 0 Å². The van der Waals surface area contributed by atoms with E-state index < -0.39 is 5.60 Å². The van der Waals surface area contributed by atoms with E-state index in [9.17, 15) is 4.79 Å². The molecule has 1 atom stereocenters. The van der Waals surface area contributed by atoms with Crippen LogP contribution in [0.3, 0.4) is 0 Å². The van der Waals surface area contributed by atoms with Crippen molar-refractivity contribution in [1.82, 2.24) is 29.8 Å². The lowest BCUT2D eigenvalue weighted by atomic mass is 10.1. The molecule has 5 rings (SSSR count). The summed E-state index contributed by atoms with van der Waals surface area (Å²) in [7, 11) is 0. The Morgan fingerprint density at radius 3 is 2.81 bits per heavy atom. The lowest BCUT2D eigenvalue weighted by Gasteiger charge is -2.36. The predicted octanol–water partition coefficient (Wildman–Crippen LogP) is 2.36. The molecule has 0 radical (unpaired) electrons. The molecule has 2 saturated heterocycles. The molecule has 0 spiro atoms. The van der Waals surface area contributed by atoms with E-state index in [1.54, 1.807) is 9.42 Å². The van der Waals surface area contributed by atoms with Crippen molar-refractivity contribution in [3.8, 4) is 11.1 Å². The zero-order valence-electron chi connectivity index (χ0n) is 18.6. The van der Waals surface area contributed by atoms with Gasteiger partial charge < -0.3 is 19.9 Å². The number of piperazine rings is 1. The maximum absolute atomic E-state index is 12.6. The average molecular weight is 436 g/mol. The van der Waals surface area contributed by atoms with E-state index in [0.29, 0.717) is 32.7 Å². The van der Waals surface area contributed by atoms with Gasteiger partial charge in [0, 0.05) is 68.4 Å². The van der Waals surface area contributed by atoms with Gasteiger partial charge in [-0.1, -0.05) is 13.0 Å². The van der Waals surface area contributed by atoms with Crippen molar-refractivity contribution in [3.05, 3.63) is 42.5 Å². The summed E-state index contributed by atoms with van der Waals surface area (Å²) in [6.07, 6.45) is 7.10. The first kappa shape index (κ1) is 20.7. The summed E-state index contributed by atoms with van der Waals surface area (Å²) < 4.78 is 7.59. The Balaban J connectivity index is 1.31. The number of ether oxygens (including phenoxy) is 1. The highest BCUT2D eigenvalue weighted by atomic mass is 16.6. The monoisotopic (exact) mass is 435 g/mol. The molecule has 3 aromatic rings. The second kappa shape index (κ2) is 8.38. The maximum atomic E-state index is 12.6. The molecule has 0 aliphatic carbocycles. The number of nitrogens with one attached hydrogen (secondary N) is 1. The largest absolute Gasteiger partial charge is 0.442 e. The minimum Gasteiger partial charge on any atom is -0.442 e. The summed E-state index contributed by atoms with van der Waals surface area (Å²) >= 11 is 0. The van der Waals surface area contributed by atoms with Gasteiger partial charge in [0.05, 0.1) is 6.20 Å². The topological polar surface area (TPSA) is 87.9 Å². The van der Waals surface area contributed by atoms with Crippen LogP contribution in [0.15, 0.2) is 36.8 Å². The van der Waals surface area contributed by atoms with Gasteiger partial charge >= 0.3 is 6.09 Å². The van der Waals surface area contributed by atoms with Crippen LogP contribution in [0.2, 0.25) is 0 Å². The van der Waals surface area contributed by atoms with Crippen LogP contribution in [0.4, 0.5) is 10.6 Å². The third kappa shape index (κ3) is 3.88. The molecule has 0 aromatic carbocycles. The van der Waals surface area contributed by atoms with E-state index >= 15 is 0 Å². The summed E-state index contributed by atoms with van der Waals surface area (Å²) in [6, 6.07) is 6.00. The summed E-state index contributed by atoms with van der Waals surface area (Å²) in [5.41, 5.74) is 3.50. The van der Waals surface area contributed by atoms with E-state index in [1.165, 1.54) is 0 Å². The normalized spacial score (nSPS) is 21.3. The summed E-state index contributed by atoms with van der Waals surface area (Å²) in [5.74, 6) is 0.890. The summed E-state index contributed by atoms with van der Waals surface area (Å²) in [5, 5.41) is 7.74. The maximum Gasteiger partial charge on any atom is 0.410 e. The fourth-order valence-corrected chi connectivity index (χ4v) is 4.47. The highest BCUT2D eigenvalue weighted by Crippen LogP contribution is 2.28. The summed E-state index contributed by atoms with van der Waals surface area (Å²) in [6.45, 7) is 8.36. The first-order chi connectivity index (χ1) is 15.6. The number of nitrogens with zero attached hydrogens (tertiary/aromatic N) is 6. The molecule has 1 N–H and O–H groups in total. The molecule has 2 fully saturated rings. The van der Waals surface area contributed by atoms with E-state index in [2.05, 4.69) is 33.3 Å². The van der Waals surface area contributed by atoms with Gasteiger partial charge in [-0.2, -0.15) is 5.10 Å². The van der Waals surface area contributed by atoms with Crippen LogP contribution in [0, 0.1) is 0 Å². The van der Waals surface area contributed by atoms with Crippen molar-refractivity contribution >= 4 is 17.6 Å². The lowest BCUT2D eigenvalue weighted by Crippen LogP contribution is -2.51. The number of aryl methyl sites for hydroxylation is 1. The van der Waals surface area contributed by atoms with Gasteiger partial charge in [0.15, 0.2) is 5.65 Å². The molecule has 1 amide bonds. The van der Waals surface area contributed by atoms with E-state index in [0.717, 1.165) is 47.7 Å². The number of rotatable bonds is 4. The predicted molar refractivity (Wildman–Crippen MR) is 122 cm³/mol. The molecule has 32 heavy (non-hydrogen) atoms. The molecular formula is C23H29N7O2. The molecule has 3 aromatic heterocycles. The van der Waals surface area contributed by atoms with Crippen molar-refractivity contribution in [3.63, 3.8) is 0 Å². The first-order valence-electron chi connectivity index (χ1n) is 11.3. The van der Waals surface area contributed by atoms with Crippen LogP contribution >= 0.6 is 0 Å². The molecule has 5 heterocycles. The van der Waals surface area contributed by atoms with Crippen LogP contribution in [0.1, 0.15) is 26.0 Å². The van der Waals surface area contributed by atoms with Gasteiger partial charge in [0.25, 0.3) is 0 Å². The Hall–Kier alpha value is -3.20. The van der Waals surface area contributed by atoms with E-state index in [-0.39, 0.29) is 6.09 Å². The second-order valence-corrected chi connectivity index (χ2v) is 8.68. The molecule has 1 unspecified atom stereocenters. The van der Waals surface area contributed by atoms with Gasteiger partial charge in [0.1, 0.15) is 11.4 Å². The Morgan fingerprint density at radius 2 is 2.06 bits per heavy atom. The molecule has 0 saturated carbocycles. The second-order valence-electron chi connectivity index (χ2n) is 8.68. The number of hydrogen-bond acceptors (Lipinski definition) is 7. The number of pyridine rings is 1. The molecule has 168 valence electrons. The smallest absolute Gasteiger partial charge is 0.410 e. The number of carbonyl (C=O) groups is 1. The fourth-order valence-electron chi connectivity index (χ4n) is 4.47. The SMILES string of the molecule is CCc1ncccc1-c1cnn2ccc(N3CCN(C(=O)OC4(C)CCNC4)CC3)nc12. The third-order valence-electron chi connectivity index (χ3n) is 6.39. The Bertz CT molecular complexity index is 1110. The standard InChI is InChI=1S/C23H29N7O2/c1-3-19-17(5-4-8-25-19)18-15-26-30-10-6-20(27-21(18)30)28-11-13-29(14-12-28)22(31)32-23(2)7-9-24-16-23/h4-6,8,10,15,24H,3,7,9,11-14,16H2,1-2H3. The minimum absolute atomic E-state index is 0.221. The van der Waals surface area contributed by atoms with Gasteiger partial charge in [-0.25, -0.2) is 14.3 Å². The summed E-state index contributed by atoms with van der Waals surface area (Å²) in [4.78, 5) is 26.1. The van der Waals surface area contributed by atoms with Gasteiger partial charge in [-0.05, 0) is 32.0 Å². The Morgan fingerprint density at radius 1 is 1.22 bits per heavy atom. The average Bonchev–Trinajstić information content (AvgIpc) is 3.45. The van der Waals surface area contributed by atoms with E-state index in [1.807, 2.05) is 37.6 Å². The van der Waals surface area contributed by atoms with Crippen LogP contribution in [0.25, 0.3) is 16.8 Å². The molecule has 9 nitrogen and oxygen atoms in total. The highest BCUT2D eigenvalue weighted by Gasteiger charge is 2.35. The Kier molecular flexibility index (Phi) is 5.42. The third-order valence-corrected chi connectivity index (χ3v) is 6.39. The minimum atomic E-state index is -0.400. The van der Waals surface area contributed by atoms with Gasteiger partial charge in [-0.15, -0.1) is 0 Å². The molecular weight excluding hydrogens is 406 g/mol. The van der Waals surface area contributed by atoms with E-state index in [4.69, 9.17) is 9.72 Å². The first-order valence-corrected chi connectivity index (χ1v) is 11.3. The van der Waals surface area contributed by atoms with Crippen LogP contribution in [-0.4, -0.2) is 75.4 Å². The fraction of sp³-hybridized carbons (Fsp3) is 0.478. The number of hydrogen-bond donors (Lipinski definition) is 1. The van der Waals surface area contributed by atoms with Gasteiger partial charge in [0.2, 0.25) is 0 Å².